The SMILES string of the molecule is CC(C1CC1)N(C)CC1CCC(CNC(C)(C)C)O1. The number of nitrogens with one attached hydrogen (secondary N) is 1. The molecule has 1 N–H and O–H groups in total. The van der Waals surface area contributed by atoms with Crippen molar-refractivity contribution in [1.82, 2.24) is 10.2 Å². The van der Waals surface area contributed by atoms with E-state index in [0.717, 1.165) is 25.0 Å². The number of likely N-dealkylation sites (N-methyl/N-ethyl adjacent to an activating group) is 1. The van der Waals surface area contributed by atoms with Gasteiger partial charge in [-0.05, 0) is 66.3 Å². The maximum atomic E-state index is 6.17. The first-order chi connectivity index (χ1) is 8.85. The Labute approximate surface area is 119 Å². The third kappa shape index (κ3) is 5.05. The van der Waals surface area contributed by atoms with Crippen LogP contribution in [-0.2, 0) is 4.74 Å². The number of nitrogens with zero attached hydrogens (tertiary/aromatic N) is 1. The van der Waals surface area contributed by atoms with Gasteiger partial charge in [0.25, 0.3) is 0 Å². The number of rotatable bonds is 6. The minimum absolute atomic E-state index is 0.193. The molecular weight excluding hydrogens is 236 g/mol. The molecule has 2 fully saturated rings. The van der Waals surface area contributed by atoms with Crippen LogP contribution in [0.2, 0.25) is 0 Å². The second-order valence-corrected chi connectivity index (χ2v) is 7.61. The van der Waals surface area contributed by atoms with E-state index in [2.05, 4.69) is 45.0 Å². The fourth-order valence-corrected chi connectivity index (χ4v) is 2.91. The number of ether oxygens (including phenoxy) is 1. The fourth-order valence-electron chi connectivity index (χ4n) is 2.91. The van der Waals surface area contributed by atoms with Crippen molar-refractivity contribution >= 4 is 0 Å². The molecule has 2 rings (SSSR count). The van der Waals surface area contributed by atoms with Gasteiger partial charge in [-0.15, -0.1) is 0 Å². The van der Waals surface area contributed by atoms with Gasteiger partial charge >= 0.3 is 0 Å². The molecule has 2 aliphatic rings. The molecular formula is C16H32N2O. The third-order valence-corrected chi connectivity index (χ3v) is 4.55. The smallest absolute Gasteiger partial charge is 0.0707 e. The first kappa shape index (κ1) is 15.3. The van der Waals surface area contributed by atoms with E-state index < -0.39 is 0 Å². The summed E-state index contributed by atoms with van der Waals surface area (Å²) in [6.07, 6.45) is 6.13. The van der Waals surface area contributed by atoms with E-state index in [1.165, 1.54) is 25.7 Å². The van der Waals surface area contributed by atoms with Crippen LogP contribution in [0, 0.1) is 5.92 Å². The summed E-state index contributed by atoms with van der Waals surface area (Å²) in [7, 11) is 2.26. The van der Waals surface area contributed by atoms with Crippen molar-refractivity contribution in [2.24, 2.45) is 5.92 Å². The highest BCUT2D eigenvalue weighted by Gasteiger charge is 2.33. The largest absolute Gasteiger partial charge is 0.372 e. The summed E-state index contributed by atoms with van der Waals surface area (Å²) < 4.78 is 6.17. The van der Waals surface area contributed by atoms with Crippen molar-refractivity contribution in [2.45, 2.75) is 77.2 Å². The first-order valence-electron chi connectivity index (χ1n) is 7.96. The van der Waals surface area contributed by atoms with Gasteiger partial charge in [0, 0.05) is 24.7 Å². The zero-order chi connectivity index (χ0) is 14.0. The van der Waals surface area contributed by atoms with Crippen LogP contribution in [0.5, 0.6) is 0 Å². The van der Waals surface area contributed by atoms with Gasteiger partial charge < -0.3 is 15.0 Å². The molecule has 0 spiro atoms. The van der Waals surface area contributed by atoms with E-state index >= 15 is 0 Å². The lowest BCUT2D eigenvalue weighted by Crippen LogP contribution is -2.41. The molecule has 1 aliphatic carbocycles. The Morgan fingerprint density at radius 1 is 1.16 bits per heavy atom. The number of hydrogen-bond acceptors (Lipinski definition) is 3. The minimum Gasteiger partial charge on any atom is -0.372 e. The highest BCUT2D eigenvalue weighted by Crippen LogP contribution is 2.35. The summed E-state index contributed by atoms with van der Waals surface area (Å²) in [6, 6.07) is 0.732. The standard InChI is InChI=1S/C16H32N2O/c1-12(13-6-7-13)18(5)11-15-9-8-14(19-15)10-17-16(2,3)4/h12-15,17H,6-11H2,1-5H3. The molecule has 112 valence electrons. The van der Waals surface area contributed by atoms with E-state index in [1.54, 1.807) is 0 Å². The lowest BCUT2D eigenvalue weighted by Gasteiger charge is -2.28. The summed E-state index contributed by atoms with van der Waals surface area (Å²) in [5, 5.41) is 3.55. The van der Waals surface area contributed by atoms with Gasteiger partial charge in [0.1, 0.15) is 0 Å². The fraction of sp³-hybridized carbons (Fsp3) is 1.00. The molecule has 19 heavy (non-hydrogen) atoms. The molecule has 0 bridgehead atoms. The zero-order valence-corrected chi connectivity index (χ0v) is 13.4. The molecule has 1 saturated heterocycles. The summed E-state index contributed by atoms with van der Waals surface area (Å²) in [4.78, 5) is 2.50. The minimum atomic E-state index is 0.193. The second-order valence-electron chi connectivity index (χ2n) is 7.61. The van der Waals surface area contributed by atoms with Gasteiger partial charge in [-0.1, -0.05) is 0 Å². The van der Waals surface area contributed by atoms with Gasteiger partial charge in [0.05, 0.1) is 12.2 Å². The maximum Gasteiger partial charge on any atom is 0.0707 e. The van der Waals surface area contributed by atoms with E-state index in [0.29, 0.717) is 12.2 Å². The molecule has 1 aliphatic heterocycles. The molecule has 3 nitrogen and oxygen atoms in total. The van der Waals surface area contributed by atoms with Crippen molar-refractivity contribution in [3.63, 3.8) is 0 Å². The second kappa shape index (κ2) is 6.11. The average molecular weight is 268 g/mol. The van der Waals surface area contributed by atoms with Crippen LogP contribution in [0.1, 0.15) is 53.4 Å². The third-order valence-electron chi connectivity index (χ3n) is 4.55. The van der Waals surface area contributed by atoms with Crippen LogP contribution in [-0.4, -0.2) is 48.8 Å². The predicted molar refractivity (Wildman–Crippen MR) is 80.5 cm³/mol. The Balaban J connectivity index is 1.66. The average Bonchev–Trinajstić information content (AvgIpc) is 3.06. The Kier molecular flexibility index (Phi) is 4.91. The molecule has 0 aromatic heterocycles. The lowest BCUT2D eigenvalue weighted by molar-refractivity contribution is 0.0178. The van der Waals surface area contributed by atoms with E-state index in [4.69, 9.17) is 4.74 Å². The molecule has 3 unspecified atom stereocenters. The van der Waals surface area contributed by atoms with Crippen molar-refractivity contribution < 1.29 is 4.74 Å². The van der Waals surface area contributed by atoms with Crippen LogP contribution < -0.4 is 5.32 Å². The van der Waals surface area contributed by atoms with E-state index in [1.807, 2.05) is 0 Å². The summed E-state index contributed by atoms with van der Waals surface area (Å²) in [5.41, 5.74) is 0.193. The van der Waals surface area contributed by atoms with Crippen molar-refractivity contribution in [2.75, 3.05) is 20.1 Å². The zero-order valence-electron chi connectivity index (χ0n) is 13.4. The van der Waals surface area contributed by atoms with Gasteiger partial charge in [0.2, 0.25) is 0 Å². The predicted octanol–water partition coefficient (Wildman–Crippen LogP) is 2.65. The highest BCUT2D eigenvalue weighted by molar-refractivity contribution is 4.86. The highest BCUT2D eigenvalue weighted by atomic mass is 16.5. The molecule has 0 radical (unpaired) electrons. The molecule has 3 atom stereocenters. The topological polar surface area (TPSA) is 24.5 Å². The molecule has 1 saturated carbocycles. The van der Waals surface area contributed by atoms with Gasteiger partial charge in [-0.2, -0.15) is 0 Å². The van der Waals surface area contributed by atoms with E-state index in [9.17, 15) is 0 Å². The molecule has 0 aromatic rings. The van der Waals surface area contributed by atoms with Crippen LogP contribution in [0.15, 0.2) is 0 Å². The summed E-state index contributed by atoms with van der Waals surface area (Å²) in [5.74, 6) is 0.949. The number of hydrogen-bond donors (Lipinski definition) is 1. The van der Waals surface area contributed by atoms with Gasteiger partial charge in [-0.25, -0.2) is 0 Å². The summed E-state index contributed by atoms with van der Waals surface area (Å²) >= 11 is 0. The van der Waals surface area contributed by atoms with Crippen molar-refractivity contribution in [1.29, 1.82) is 0 Å². The van der Waals surface area contributed by atoms with Crippen molar-refractivity contribution in [3.8, 4) is 0 Å². The van der Waals surface area contributed by atoms with Gasteiger partial charge in [-0.3, -0.25) is 0 Å². The first-order valence-corrected chi connectivity index (χ1v) is 7.96. The Morgan fingerprint density at radius 3 is 2.37 bits per heavy atom. The van der Waals surface area contributed by atoms with Crippen LogP contribution >= 0.6 is 0 Å². The van der Waals surface area contributed by atoms with Gasteiger partial charge in [0.15, 0.2) is 0 Å². The molecule has 0 aromatic carbocycles. The van der Waals surface area contributed by atoms with Crippen LogP contribution in [0.3, 0.4) is 0 Å². The van der Waals surface area contributed by atoms with E-state index in [-0.39, 0.29) is 5.54 Å². The van der Waals surface area contributed by atoms with Crippen molar-refractivity contribution in [3.05, 3.63) is 0 Å². The normalized spacial score (nSPS) is 30.0. The Bertz CT molecular complexity index is 283. The van der Waals surface area contributed by atoms with Crippen LogP contribution in [0.25, 0.3) is 0 Å². The lowest BCUT2D eigenvalue weighted by atomic mass is 10.1. The molecule has 1 heterocycles. The Morgan fingerprint density at radius 2 is 1.79 bits per heavy atom. The molecule has 0 amide bonds. The summed E-state index contributed by atoms with van der Waals surface area (Å²) in [6.45, 7) is 11.1. The maximum absolute atomic E-state index is 6.17. The van der Waals surface area contributed by atoms with Crippen LogP contribution in [0.4, 0.5) is 0 Å². The molecule has 3 heteroatoms. The monoisotopic (exact) mass is 268 g/mol. The quantitative estimate of drug-likeness (QED) is 0.801. The Hall–Kier alpha value is -0.120.